The topological polar surface area (TPSA) is 57.2 Å². The van der Waals surface area contributed by atoms with Crippen LogP contribution in [0.1, 0.15) is 74.3 Å². The first-order valence-electron chi connectivity index (χ1n) is 13.1. The molecule has 0 fully saturated rings. The Hall–Kier alpha value is -3.93. The molecule has 5 rings (SSSR count). The number of fused-ring (bicyclic) bond motifs is 1. The van der Waals surface area contributed by atoms with Crippen molar-refractivity contribution in [2.45, 2.75) is 73.1 Å². The molecule has 0 radical (unpaired) electrons. The lowest BCUT2D eigenvalue weighted by Crippen LogP contribution is -2.25. The second-order valence-electron chi connectivity index (χ2n) is 11.8. The lowest BCUT2D eigenvalue weighted by atomic mass is 9.80. The minimum atomic E-state index is -0.400. The molecule has 196 valence electrons. The molecule has 0 aliphatic rings. The standard InChI is InChI=1S/C32H37N5O/c1-20-15-21(2)37(35-20)25-11-10-12-26(17-25)38-27-18-29(36-23(4)22(3)34-30(36)19-27)32(8,9)28-16-24(13-14-33-28)31(5,6)7/h10-19H,1-9H3. The van der Waals surface area contributed by atoms with Gasteiger partial charge >= 0.3 is 0 Å². The van der Waals surface area contributed by atoms with E-state index in [2.05, 4.69) is 89.2 Å². The molecule has 0 atom stereocenters. The lowest BCUT2D eigenvalue weighted by Gasteiger charge is -2.29. The van der Waals surface area contributed by atoms with Gasteiger partial charge in [0, 0.05) is 46.9 Å². The highest BCUT2D eigenvalue weighted by atomic mass is 16.5. The maximum Gasteiger partial charge on any atom is 0.141 e. The Balaban J connectivity index is 1.61. The predicted molar refractivity (Wildman–Crippen MR) is 153 cm³/mol. The third kappa shape index (κ3) is 4.60. The monoisotopic (exact) mass is 507 g/mol. The Labute approximate surface area is 225 Å². The van der Waals surface area contributed by atoms with Crippen molar-refractivity contribution >= 4 is 5.65 Å². The van der Waals surface area contributed by atoms with Crippen molar-refractivity contribution in [1.29, 1.82) is 0 Å². The third-order valence-electron chi connectivity index (χ3n) is 7.38. The first-order valence-corrected chi connectivity index (χ1v) is 13.1. The van der Waals surface area contributed by atoms with Gasteiger partial charge in [-0.1, -0.05) is 26.8 Å². The smallest absolute Gasteiger partial charge is 0.141 e. The quantitative estimate of drug-likeness (QED) is 0.246. The van der Waals surface area contributed by atoms with Crippen LogP contribution < -0.4 is 4.74 Å². The van der Waals surface area contributed by atoms with Crippen LogP contribution >= 0.6 is 0 Å². The van der Waals surface area contributed by atoms with E-state index in [9.17, 15) is 0 Å². The van der Waals surface area contributed by atoms with Crippen LogP contribution in [0.2, 0.25) is 0 Å². The molecule has 0 aliphatic heterocycles. The predicted octanol–water partition coefficient (Wildman–Crippen LogP) is 7.56. The number of hydrogen-bond acceptors (Lipinski definition) is 4. The van der Waals surface area contributed by atoms with Gasteiger partial charge in [-0.3, -0.25) is 9.38 Å². The molecule has 0 saturated carbocycles. The summed E-state index contributed by atoms with van der Waals surface area (Å²) >= 11 is 0. The van der Waals surface area contributed by atoms with E-state index in [0.29, 0.717) is 0 Å². The molecule has 0 bridgehead atoms. The van der Waals surface area contributed by atoms with Crippen LogP contribution in [0.5, 0.6) is 11.5 Å². The van der Waals surface area contributed by atoms with Crippen molar-refractivity contribution < 1.29 is 4.74 Å². The number of ether oxygens (including phenoxy) is 1. The van der Waals surface area contributed by atoms with E-state index in [1.165, 1.54) is 5.56 Å². The van der Waals surface area contributed by atoms with E-state index in [1.807, 2.05) is 48.1 Å². The van der Waals surface area contributed by atoms with Gasteiger partial charge in [-0.25, -0.2) is 9.67 Å². The first-order chi connectivity index (χ1) is 17.8. The van der Waals surface area contributed by atoms with Crippen LogP contribution in [0.4, 0.5) is 0 Å². The summed E-state index contributed by atoms with van der Waals surface area (Å²) in [6.45, 7) is 19.4. The number of aromatic nitrogens is 5. The number of rotatable bonds is 5. The Bertz CT molecular complexity index is 1650. The largest absolute Gasteiger partial charge is 0.457 e. The fourth-order valence-electron chi connectivity index (χ4n) is 5.00. The summed E-state index contributed by atoms with van der Waals surface area (Å²) in [5.41, 5.74) is 9.01. The lowest BCUT2D eigenvalue weighted by molar-refractivity contribution is 0.476. The molecule has 0 saturated heterocycles. The maximum absolute atomic E-state index is 6.48. The number of pyridine rings is 2. The van der Waals surface area contributed by atoms with Crippen molar-refractivity contribution in [3.8, 4) is 17.2 Å². The summed E-state index contributed by atoms with van der Waals surface area (Å²) in [5.74, 6) is 1.49. The number of imidazole rings is 1. The molecule has 4 heterocycles. The SMILES string of the molecule is Cc1cc(C)n(-c2cccc(Oc3cc(C(C)(C)c4cc(C(C)(C)C)ccn4)n4c(C)c(C)nc4c3)c2)n1. The summed E-state index contributed by atoms with van der Waals surface area (Å²) < 4.78 is 10.7. The van der Waals surface area contributed by atoms with Gasteiger partial charge in [-0.2, -0.15) is 5.10 Å². The molecule has 6 nitrogen and oxygen atoms in total. The van der Waals surface area contributed by atoms with E-state index in [-0.39, 0.29) is 5.41 Å². The van der Waals surface area contributed by atoms with Gasteiger partial charge in [0.15, 0.2) is 0 Å². The van der Waals surface area contributed by atoms with E-state index in [1.54, 1.807) is 0 Å². The number of nitrogens with zero attached hydrogens (tertiary/aromatic N) is 5. The third-order valence-corrected chi connectivity index (χ3v) is 7.38. The fraction of sp³-hybridized carbons (Fsp3) is 0.344. The van der Waals surface area contributed by atoms with Crippen molar-refractivity contribution in [3.63, 3.8) is 0 Å². The van der Waals surface area contributed by atoms with Crippen molar-refractivity contribution in [2.75, 3.05) is 0 Å². The average molecular weight is 508 g/mol. The Morgan fingerprint density at radius 2 is 1.58 bits per heavy atom. The maximum atomic E-state index is 6.48. The van der Waals surface area contributed by atoms with E-state index in [4.69, 9.17) is 14.7 Å². The van der Waals surface area contributed by atoms with Gasteiger partial charge < -0.3 is 4.74 Å². The van der Waals surface area contributed by atoms with Crippen LogP contribution in [0, 0.1) is 27.7 Å². The summed E-state index contributed by atoms with van der Waals surface area (Å²) in [5, 5.41) is 4.63. The highest BCUT2D eigenvalue weighted by Crippen LogP contribution is 2.37. The first kappa shape index (κ1) is 25.7. The Morgan fingerprint density at radius 3 is 2.26 bits per heavy atom. The number of benzene rings is 1. The van der Waals surface area contributed by atoms with Gasteiger partial charge in [0.25, 0.3) is 0 Å². The summed E-state index contributed by atoms with van der Waals surface area (Å²) in [6, 6.07) is 18.6. The molecule has 4 aromatic heterocycles. The van der Waals surface area contributed by atoms with Crippen LogP contribution in [0.3, 0.4) is 0 Å². The second-order valence-corrected chi connectivity index (χ2v) is 11.8. The van der Waals surface area contributed by atoms with Gasteiger partial charge in [-0.15, -0.1) is 0 Å². The molecule has 0 spiro atoms. The Kier molecular flexibility index (Phi) is 6.17. The van der Waals surface area contributed by atoms with Crippen molar-refractivity contribution in [1.82, 2.24) is 24.1 Å². The van der Waals surface area contributed by atoms with Crippen LogP contribution in [-0.4, -0.2) is 24.1 Å². The normalized spacial score (nSPS) is 12.3. The molecular weight excluding hydrogens is 470 g/mol. The van der Waals surface area contributed by atoms with E-state index < -0.39 is 5.41 Å². The highest BCUT2D eigenvalue weighted by Gasteiger charge is 2.30. The molecule has 0 N–H and O–H groups in total. The molecular formula is C32H37N5O. The molecule has 5 aromatic rings. The second kappa shape index (κ2) is 9.12. The molecule has 0 aliphatic carbocycles. The molecule has 38 heavy (non-hydrogen) atoms. The van der Waals surface area contributed by atoms with Crippen LogP contribution in [-0.2, 0) is 10.8 Å². The van der Waals surface area contributed by atoms with Gasteiger partial charge in [0.05, 0.1) is 22.8 Å². The molecule has 0 unspecified atom stereocenters. The minimum absolute atomic E-state index is 0.0338. The highest BCUT2D eigenvalue weighted by molar-refractivity contribution is 5.54. The van der Waals surface area contributed by atoms with E-state index >= 15 is 0 Å². The molecule has 1 aromatic carbocycles. The van der Waals surface area contributed by atoms with E-state index in [0.717, 1.165) is 57.0 Å². The zero-order chi connectivity index (χ0) is 27.4. The number of aryl methyl sites for hydroxylation is 4. The minimum Gasteiger partial charge on any atom is -0.457 e. The van der Waals surface area contributed by atoms with Gasteiger partial charge in [0.2, 0.25) is 0 Å². The number of hydrogen-bond donors (Lipinski definition) is 0. The van der Waals surface area contributed by atoms with Crippen molar-refractivity contribution in [2.24, 2.45) is 0 Å². The summed E-state index contributed by atoms with van der Waals surface area (Å²) in [4.78, 5) is 9.70. The zero-order valence-electron chi connectivity index (χ0n) is 23.9. The Morgan fingerprint density at radius 1 is 0.816 bits per heavy atom. The average Bonchev–Trinajstić information content (AvgIpc) is 3.35. The summed E-state index contributed by atoms with van der Waals surface area (Å²) in [6.07, 6.45) is 1.92. The fourth-order valence-corrected chi connectivity index (χ4v) is 5.00. The molecule has 0 amide bonds. The van der Waals surface area contributed by atoms with Crippen LogP contribution in [0.15, 0.2) is 60.8 Å². The van der Waals surface area contributed by atoms with Gasteiger partial charge in [-0.05, 0) is 82.9 Å². The summed E-state index contributed by atoms with van der Waals surface area (Å²) in [7, 11) is 0. The zero-order valence-corrected chi connectivity index (χ0v) is 23.9. The van der Waals surface area contributed by atoms with Gasteiger partial charge in [0.1, 0.15) is 17.1 Å². The van der Waals surface area contributed by atoms with Crippen LogP contribution in [0.25, 0.3) is 11.3 Å². The van der Waals surface area contributed by atoms with Crippen molar-refractivity contribution in [3.05, 3.63) is 101 Å². The molecule has 6 heteroatoms.